The van der Waals surface area contributed by atoms with Crippen molar-refractivity contribution in [1.82, 2.24) is 10.2 Å². The summed E-state index contributed by atoms with van der Waals surface area (Å²) in [6.45, 7) is 1.81. The van der Waals surface area contributed by atoms with Crippen LogP contribution in [0.15, 0.2) is 24.3 Å². The largest absolute Gasteiger partial charge is 0.338 e. The summed E-state index contributed by atoms with van der Waals surface area (Å²) in [5, 5.41) is 3.92. The molecule has 3 nitrogen and oxygen atoms in total. The second kappa shape index (κ2) is 9.57. The van der Waals surface area contributed by atoms with Gasteiger partial charge in [0, 0.05) is 29.9 Å². The smallest absolute Gasteiger partial charge is 0.232 e. The molecule has 1 aliphatic heterocycles. The van der Waals surface area contributed by atoms with Crippen molar-refractivity contribution in [2.45, 2.75) is 24.6 Å². The maximum absolute atomic E-state index is 12.2. The summed E-state index contributed by atoms with van der Waals surface area (Å²) in [6.07, 6.45) is 2.24. The van der Waals surface area contributed by atoms with E-state index in [0.717, 1.165) is 36.7 Å². The Bertz CT molecular complexity index is 442. The summed E-state index contributed by atoms with van der Waals surface area (Å²) < 4.78 is 0. The first kappa shape index (κ1) is 18.6. The third-order valence-corrected chi connectivity index (χ3v) is 4.79. The first-order valence-electron chi connectivity index (χ1n) is 6.97. The van der Waals surface area contributed by atoms with Crippen LogP contribution >= 0.6 is 35.8 Å². The molecule has 1 heterocycles. The lowest BCUT2D eigenvalue weighted by atomic mass is 10.2. The Morgan fingerprint density at radius 3 is 2.81 bits per heavy atom. The topological polar surface area (TPSA) is 32.3 Å². The van der Waals surface area contributed by atoms with E-state index in [0.29, 0.717) is 11.8 Å². The van der Waals surface area contributed by atoms with Crippen molar-refractivity contribution >= 4 is 41.7 Å². The lowest BCUT2D eigenvalue weighted by molar-refractivity contribution is -0.129. The summed E-state index contributed by atoms with van der Waals surface area (Å²) >= 11 is 7.53. The second-order valence-corrected chi connectivity index (χ2v) is 6.48. The van der Waals surface area contributed by atoms with Crippen LogP contribution in [0.1, 0.15) is 18.4 Å². The molecule has 1 amide bonds. The van der Waals surface area contributed by atoms with Crippen molar-refractivity contribution < 1.29 is 4.79 Å². The third kappa shape index (κ3) is 5.70. The number of nitrogens with one attached hydrogen (secondary N) is 1. The molecular formula is C15H22Cl2N2OS. The molecule has 1 saturated heterocycles. The predicted octanol–water partition coefficient (Wildman–Crippen LogP) is 3.21. The molecule has 1 atom stereocenters. The number of likely N-dealkylation sites (tertiary alicyclic amines) is 1. The Morgan fingerprint density at radius 1 is 1.43 bits per heavy atom. The Morgan fingerprint density at radius 2 is 2.14 bits per heavy atom. The van der Waals surface area contributed by atoms with Gasteiger partial charge in [-0.1, -0.05) is 23.7 Å². The Labute approximate surface area is 142 Å². The van der Waals surface area contributed by atoms with Gasteiger partial charge in [-0.15, -0.1) is 24.2 Å². The van der Waals surface area contributed by atoms with Crippen LogP contribution < -0.4 is 5.32 Å². The van der Waals surface area contributed by atoms with Gasteiger partial charge in [-0.25, -0.2) is 0 Å². The van der Waals surface area contributed by atoms with Gasteiger partial charge in [-0.3, -0.25) is 4.79 Å². The van der Waals surface area contributed by atoms with E-state index in [2.05, 4.69) is 5.32 Å². The molecule has 1 N–H and O–H groups in total. The highest BCUT2D eigenvalue weighted by molar-refractivity contribution is 7.99. The maximum atomic E-state index is 12.2. The first-order chi connectivity index (χ1) is 9.70. The normalized spacial score (nSPS) is 17.6. The lowest BCUT2D eigenvalue weighted by Crippen LogP contribution is -2.41. The predicted molar refractivity (Wildman–Crippen MR) is 93.5 cm³/mol. The molecule has 1 aliphatic rings. The van der Waals surface area contributed by atoms with Crippen LogP contribution in [0, 0.1) is 0 Å². The van der Waals surface area contributed by atoms with Crippen molar-refractivity contribution in [2.24, 2.45) is 0 Å². The average Bonchev–Trinajstić information content (AvgIpc) is 2.90. The highest BCUT2D eigenvalue weighted by Gasteiger charge is 2.27. The third-order valence-electron chi connectivity index (χ3n) is 3.54. The number of amides is 1. The summed E-state index contributed by atoms with van der Waals surface area (Å²) in [5.74, 6) is 1.68. The lowest BCUT2D eigenvalue weighted by Gasteiger charge is -2.24. The highest BCUT2D eigenvalue weighted by atomic mass is 35.5. The van der Waals surface area contributed by atoms with Gasteiger partial charge in [0.15, 0.2) is 0 Å². The Hall–Kier alpha value is -0.420. The van der Waals surface area contributed by atoms with Crippen molar-refractivity contribution in [3.05, 3.63) is 34.9 Å². The zero-order valence-electron chi connectivity index (χ0n) is 12.2. The van der Waals surface area contributed by atoms with E-state index in [4.69, 9.17) is 11.6 Å². The summed E-state index contributed by atoms with van der Waals surface area (Å²) in [5.41, 5.74) is 1.21. The Kier molecular flexibility index (Phi) is 8.49. The number of hydrogen-bond acceptors (Lipinski definition) is 3. The molecule has 21 heavy (non-hydrogen) atoms. The fourth-order valence-corrected chi connectivity index (χ4v) is 3.53. The first-order valence-corrected chi connectivity index (χ1v) is 8.50. The molecule has 0 spiro atoms. The van der Waals surface area contributed by atoms with E-state index >= 15 is 0 Å². The van der Waals surface area contributed by atoms with Crippen molar-refractivity contribution in [1.29, 1.82) is 0 Å². The monoisotopic (exact) mass is 348 g/mol. The number of halogens is 2. The molecule has 0 saturated carbocycles. The standard InChI is InChI=1S/C15H21ClN2OS.ClH/c1-17-9-14-3-2-8-18(14)15(19)11-20-10-12-4-6-13(16)7-5-12;/h4-7,14,17H,2-3,8-11H2,1H3;1H. The van der Waals surface area contributed by atoms with Gasteiger partial charge in [0.1, 0.15) is 0 Å². The fraction of sp³-hybridized carbons (Fsp3) is 0.533. The minimum atomic E-state index is 0. The van der Waals surface area contributed by atoms with Crippen LogP contribution in [0.25, 0.3) is 0 Å². The van der Waals surface area contributed by atoms with Crippen LogP contribution in [0.2, 0.25) is 5.02 Å². The van der Waals surface area contributed by atoms with E-state index in [1.807, 2.05) is 36.2 Å². The molecule has 1 unspecified atom stereocenters. The van der Waals surface area contributed by atoms with Gasteiger partial charge < -0.3 is 10.2 Å². The molecule has 0 aromatic heterocycles. The average molecular weight is 349 g/mol. The van der Waals surface area contributed by atoms with Crippen LogP contribution in [0.3, 0.4) is 0 Å². The van der Waals surface area contributed by atoms with Crippen LogP contribution in [0.4, 0.5) is 0 Å². The van der Waals surface area contributed by atoms with E-state index in [9.17, 15) is 4.79 Å². The summed E-state index contributed by atoms with van der Waals surface area (Å²) in [6, 6.07) is 8.19. The van der Waals surface area contributed by atoms with E-state index in [1.165, 1.54) is 5.56 Å². The summed E-state index contributed by atoms with van der Waals surface area (Å²) in [7, 11) is 1.94. The molecule has 0 aliphatic carbocycles. The molecule has 6 heteroatoms. The SMILES string of the molecule is CNCC1CCCN1C(=O)CSCc1ccc(Cl)cc1.Cl. The number of nitrogens with zero attached hydrogens (tertiary/aromatic N) is 1. The zero-order chi connectivity index (χ0) is 14.4. The van der Waals surface area contributed by atoms with E-state index in [1.54, 1.807) is 11.8 Å². The van der Waals surface area contributed by atoms with Gasteiger partial charge in [0.2, 0.25) is 5.91 Å². The van der Waals surface area contributed by atoms with Crippen molar-refractivity contribution in [3.63, 3.8) is 0 Å². The molecule has 118 valence electrons. The van der Waals surface area contributed by atoms with Crippen LogP contribution in [0.5, 0.6) is 0 Å². The van der Waals surface area contributed by atoms with Gasteiger partial charge >= 0.3 is 0 Å². The quantitative estimate of drug-likeness (QED) is 0.856. The molecule has 0 bridgehead atoms. The van der Waals surface area contributed by atoms with Gasteiger partial charge in [-0.05, 0) is 37.6 Å². The van der Waals surface area contributed by atoms with Crippen molar-refractivity contribution in [2.75, 3.05) is 25.9 Å². The second-order valence-electron chi connectivity index (χ2n) is 5.06. The fourth-order valence-electron chi connectivity index (χ4n) is 2.53. The molecular weight excluding hydrogens is 327 g/mol. The minimum Gasteiger partial charge on any atom is -0.338 e. The van der Waals surface area contributed by atoms with Gasteiger partial charge in [0.25, 0.3) is 0 Å². The number of carbonyl (C=O) groups excluding carboxylic acids is 1. The van der Waals surface area contributed by atoms with Crippen molar-refractivity contribution in [3.8, 4) is 0 Å². The number of likely N-dealkylation sites (N-methyl/N-ethyl adjacent to an activating group) is 1. The molecule has 0 radical (unpaired) electrons. The zero-order valence-corrected chi connectivity index (χ0v) is 14.6. The number of thioether (sulfide) groups is 1. The van der Waals surface area contributed by atoms with E-state index in [-0.39, 0.29) is 18.3 Å². The van der Waals surface area contributed by atoms with Crippen LogP contribution in [-0.4, -0.2) is 42.7 Å². The highest BCUT2D eigenvalue weighted by Crippen LogP contribution is 2.20. The van der Waals surface area contributed by atoms with Gasteiger partial charge in [0.05, 0.1) is 5.75 Å². The summed E-state index contributed by atoms with van der Waals surface area (Å²) in [4.78, 5) is 14.3. The molecule has 2 rings (SSSR count). The molecule has 1 fully saturated rings. The maximum Gasteiger partial charge on any atom is 0.232 e. The molecule has 1 aromatic carbocycles. The number of rotatable bonds is 6. The van der Waals surface area contributed by atoms with Gasteiger partial charge in [-0.2, -0.15) is 0 Å². The molecule has 1 aromatic rings. The number of hydrogen-bond donors (Lipinski definition) is 1. The number of benzene rings is 1. The van der Waals surface area contributed by atoms with E-state index < -0.39 is 0 Å². The van der Waals surface area contributed by atoms with Crippen LogP contribution in [-0.2, 0) is 10.5 Å². The number of carbonyl (C=O) groups is 1. The minimum absolute atomic E-state index is 0. The Balaban J connectivity index is 0.00000220.